The molecular formula is C18H22F2N4O3. The fraction of sp³-hybridized carbons (Fsp3) is 0.500. The van der Waals surface area contributed by atoms with E-state index in [1.54, 1.807) is 25.3 Å². The van der Waals surface area contributed by atoms with E-state index in [0.717, 1.165) is 0 Å². The Morgan fingerprint density at radius 3 is 2.85 bits per heavy atom. The summed E-state index contributed by atoms with van der Waals surface area (Å²) in [7, 11) is 0. The first kappa shape index (κ1) is 19.1. The maximum atomic E-state index is 13.7. The number of halogens is 2. The molecule has 9 heteroatoms. The molecule has 2 aromatic rings. The summed E-state index contributed by atoms with van der Waals surface area (Å²) in [6.45, 7) is 4.94. The number of nitrogens with zero attached hydrogens (tertiary/aromatic N) is 3. The van der Waals surface area contributed by atoms with Crippen molar-refractivity contribution in [2.75, 3.05) is 18.5 Å². The van der Waals surface area contributed by atoms with Gasteiger partial charge in [0.05, 0.1) is 13.2 Å². The SMILES string of the molecule is CCOC(=O)c1c(-c2ccc(NC(C)C)nc2)nn2c1OCC(F)(F)CC2. The molecule has 1 aliphatic rings. The Morgan fingerprint density at radius 1 is 1.44 bits per heavy atom. The van der Waals surface area contributed by atoms with Gasteiger partial charge < -0.3 is 14.8 Å². The zero-order valence-electron chi connectivity index (χ0n) is 15.5. The van der Waals surface area contributed by atoms with Gasteiger partial charge in [0.25, 0.3) is 5.92 Å². The number of fused-ring (bicyclic) bond motifs is 1. The summed E-state index contributed by atoms with van der Waals surface area (Å²) in [5.41, 5.74) is 0.918. The lowest BCUT2D eigenvalue weighted by molar-refractivity contribution is -0.0429. The van der Waals surface area contributed by atoms with Crippen molar-refractivity contribution in [2.45, 2.75) is 45.7 Å². The molecule has 1 N–H and O–H groups in total. The van der Waals surface area contributed by atoms with E-state index in [9.17, 15) is 13.6 Å². The number of anilines is 1. The van der Waals surface area contributed by atoms with Crippen LogP contribution in [-0.4, -0.2) is 45.9 Å². The van der Waals surface area contributed by atoms with E-state index in [-0.39, 0.29) is 30.6 Å². The normalized spacial score (nSPS) is 15.6. The highest BCUT2D eigenvalue weighted by Gasteiger charge is 2.37. The summed E-state index contributed by atoms with van der Waals surface area (Å²) in [5.74, 6) is -2.95. The highest BCUT2D eigenvalue weighted by molar-refractivity contribution is 5.98. The molecule has 0 atom stereocenters. The molecule has 0 bridgehead atoms. The number of carbonyl (C=O) groups is 1. The maximum absolute atomic E-state index is 13.7. The zero-order valence-corrected chi connectivity index (χ0v) is 15.5. The quantitative estimate of drug-likeness (QED) is 0.802. The van der Waals surface area contributed by atoms with E-state index in [2.05, 4.69) is 15.4 Å². The van der Waals surface area contributed by atoms with Gasteiger partial charge in [0.15, 0.2) is 6.61 Å². The number of aryl methyl sites for hydroxylation is 1. The molecule has 0 fully saturated rings. The van der Waals surface area contributed by atoms with E-state index in [4.69, 9.17) is 9.47 Å². The van der Waals surface area contributed by atoms with Crippen molar-refractivity contribution in [2.24, 2.45) is 0 Å². The second-order valence-electron chi connectivity index (χ2n) is 6.60. The molecule has 7 nitrogen and oxygen atoms in total. The number of hydrogen-bond acceptors (Lipinski definition) is 6. The number of esters is 1. The molecule has 3 rings (SSSR count). The van der Waals surface area contributed by atoms with Crippen molar-refractivity contribution in [3.8, 4) is 17.1 Å². The zero-order chi connectivity index (χ0) is 19.6. The van der Waals surface area contributed by atoms with E-state index in [1.165, 1.54) is 4.68 Å². The fourth-order valence-electron chi connectivity index (χ4n) is 2.76. The van der Waals surface area contributed by atoms with Crippen molar-refractivity contribution in [3.63, 3.8) is 0 Å². The summed E-state index contributed by atoms with van der Waals surface area (Å²) in [6.07, 6.45) is 1.16. The lowest BCUT2D eigenvalue weighted by Gasteiger charge is -2.12. The summed E-state index contributed by atoms with van der Waals surface area (Å²) < 4.78 is 39.0. The number of aromatic nitrogens is 3. The average molecular weight is 380 g/mol. The van der Waals surface area contributed by atoms with Crippen molar-refractivity contribution in [3.05, 3.63) is 23.9 Å². The molecule has 0 amide bonds. The van der Waals surface area contributed by atoms with Gasteiger partial charge in [0, 0.05) is 24.2 Å². The van der Waals surface area contributed by atoms with Gasteiger partial charge >= 0.3 is 5.97 Å². The molecule has 0 aliphatic carbocycles. The smallest absolute Gasteiger partial charge is 0.345 e. The Hall–Kier alpha value is -2.71. The maximum Gasteiger partial charge on any atom is 0.345 e. The Morgan fingerprint density at radius 2 is 2.22 bits per heavy atom. The molecule has 0 unspecified atom stereocenters. The third-order valence-corrected chi connectivity index (χ3v) is 3.97. The van der Waals surface area contributed by atoms with E-state index < -0.39 is 24.9 Å². The van der Waals surface area contributed by atoms with Crippen LogP contribution in [0.5, 0.6) is 5.88 Å². The van der Waals surface area contributed by atoms with Gasteiger partial charge in [-0.1, -0.05) is 0 Å². The van der Waals surface area contributed by atoms with Gasteiger partial charge in [-0.3, -0.25) is 0 Å². The predicted molar refractivity (Wildman–Crippen MR) is 95.2 cm³/mol. The van der Waals surface area contributed by atoms with Gasteiger partial charge in [0.2, 0.25) is 5.88 Å². The van der Waals surface area contributed by atoms with Crippen LogP contribution in [0.25, 0.3) is 11.3 Å². The summed E-state index contributed by atoms with van der Waals surface area (Å²) in [6, 6.07) is 3.75. The van der Waals surface area contributed by atoms with Crippen LogP contribution in [0.2, 0.25) is 0 Å². The molecule has 0 spiro atoms. The molecule has 1 aliphatic heterocycles. The second-order valence-corrected chi connectivity index (χ2v) is 6.60. The third kappa shape index (κ3) is 4.17. The summed E-state index contributed by atoms with van der Waals surface area (Å²) >= 11 is 0. The number of rotatable bonds is 5. The number of pyridine rings is 1. The number of hydrogen-bond donors (Lipinski definition) is 1. The van der Waals surface area contributed by atoms with Crippen LogP contribution in [0.4, 0.5) is 14.6 Å². The van der Waals surface area contributed by atoms with Gasteiger partial charge in [-0.05, 0) is 32.9 Å². The molecular weight excluding hydrogens is 358 g/mol. The number of carbonyl (C=O) groups excluding carboxylic acids is 1. The van der Waals surface area contributed by atoms with Crippen molar-refractivity contribution >= 4 is 11.8 Å². The fourth-order valence-corrected chi connectivity index (χ4v) is 2.76. The molecule has 3 heterocycles. The minimum Gasteiger partial charge on any atom is -0.471 e. The standard InChI is InChI=1S/C18H22F2N4O3/c1-4-26-17(25)14-15(12-5-6-13(21-9-12)22-11(2)3)23-24-8-7-18(19,20)10-27-16(14)24/h5-6,9,11H,4,7-8,10H2,1-3H3,(H,21,22). The monoisotopic (exact) mass is 380 g/mol. The van der Waals surface area contributed by atoms with Crippen LogP contribution in [0.15, 0.2) is 18.3 Å². The second kappa shape index (κ2) is 7.50. The molecule has 2 aromatic heterocycles. The first-order valence-corrected chi connectivity index (χ1v) is 8.82. The van der Waals surface area contributed by atoms with E-state index >= 15 is 0 Å². The molecule has 0 saturated carbocycles. The first-order chi connectivity index (χ1) is 12.8. The van der Waals surface area contributed by atoms with Crippen molar-refractivity contribution < 1.29 is 23.0 Å². The van der Waals surface area contributed by atoms with Crippen LogP contribution >= 0.6 is 0 Å². The van der Waals surface area contributed by atoms with Gasteiger partial charge in [-0.15, -0.1) is 0 Å². The molecule has 0 radical (unpaired) electrons. The molecule has 0 saturated heterocycles. The Kier molecular flexibility index (Phi) is 5.29. The van der Waals surface area contributed by atoms with E-state index in [0.29, 0.717) is 17.1 Å². The topological polar surface area (TPSA) is 78.3 Å². The Balaban J connectivity index is 2.01. The summed E-state index contributed by atoms with van der Waals surface area (Å²) in [4.78, 5) is 16.8. The van der Waals surface area contributed by atoms with Gasteiger partial charge in [0.1, 0.15) is 17.1 Å². The van der Waals surface area contributed by atoms with Crippen LogP contribution in [0.3, 0.4) is 0 Å². The number of alkyl halides is 2. The highest BCUT2D eigenvalue weighted by atomic mass is 19.3. The third-order valence-electron chi connectivity index (χ3n) is 3.97. The Bertz CT molecular complexity index is 819. The van der Waals surface area contributed by atoms with Crippen LogP contribution in [-0.2, 0) is 11.3 Å². The van der Waals surface area contributed by atoms with E-state index in [1.807, 2.05) is 13.8 Å². The molecule has 0 aromatic carbocycles. The minimum atomic E-state index is -2.97. The highest BCUT2D eigenvalue weighted by Crippen LogP contribution is 2.35. The predicted octanol–water partition coefficient (Wildman–Crippen LogP) is 3.36. The lowest BCUT2D eigenvalue weighted by Crippen LogP contribution is -2.24. The van der Waals surface area contributed by atoms with Crippen LogP contribution in [0.1, 0.15) is 37.6 Å². The minimum absolute atomic E-state index is 0.00464. The molecule has 27 heavy (non-hydrogen) atoms. The van der Waals surface area contributed by atoms with Crippen molar-refractivity contribution in [1.29, 1.82) is 0 Å². The van der Waals surface area contributed by atoms with Crippen molar-refractivity contribution in [1.82, 2.24) is 14.8 Å². The van der Waals surface area contributed by atoms with Crippen LogP contribution in [0, 0.1) is 0 Å². The largest absolute Gasteiger partial charge is 0.471 e. The summed E-state index contributed by atoms with van der Waals surface area (Å²) in [5, 5.41) is 7.51. The first-order valence-electron chi connectivity index (χ1n) is 8.82. The Labute approximate surface area is 155 Å². The van der Waals surface area contributed by atoms with Gasteiger partial charge in [-0.2, -0.15) is 5.10 Å². The lowest BCUT2D eigenvalue weighted by atomic mass is 10.1. The van der Waals surface area contributed by atoms with Crippen LogP contribution < -0.4 is 10.1 Å². The average Bonchev–Trinajstić information content (AvgIpc) is 2.90. The number of nitrogens with one attached hydrogen (secondary N) is 1. The number of ether oxygens (including phenoxy) is 2. The van der Waals surface area contributed by atoms with Gasteiger partial charge in [-0.25, -0.2) is 23.2 Å². The molecule has 146 valence electrons.